The maximum Gasteiger partial charge on any atom is 0.240 e. The van der Waals surface area contributed by atoms with Crippen molar-refractivity contribution in [1.82, 2.24) is 14.9 Å². The van der Waals surface area contributed by atoms with Gasteiger partial charge >= 0.3 is 0 Å². The first-order chi connectivity index (χ1) is 8.18. The van der Waals surface area contributed by atoms with Crippen molar-refractivity contribution in [2.45, 2.75) is 44.2 Å². The van der Waals surface area contributed by atoms with Crippen molar-refractivity contribution >= 4 is 5.91 Å². The highest BCUT2D eigenvalue weighted by molar-refractivity contribution is 5.80. The second-order valence-electron chi connectivity index (χ2n) is 4.77. The highest BCUT2D eigenvalue weighted by Gasteiger charge is 2.24. The Balaban J connectivity index is 2.07. The Labute approximate surface area is 101 Å². The van der Waals surface area contributed by atoms with E-state index in [-0.39, 0.29) is 5.91 Å². The van der Waals surface area contributed by atoms with E-state index in [9.17, 15) is 4.79 Å². The molecule has 0 aromatic carbocycles. The molecule has 17 heavy (non-hydrogen) atoms. The Bertz CT molecular complexity index is 382. The minimum absolute atomic E-state index is 0.334. The third-order valence-electron chi connectivity index (χ3n) is 3.44. The lowest BCUT2D eigenvalue weighted by Gasteiger charge is -2.27. The standard InChI is InChI=1S/C12H20N4O/c1-16-8-14-7-10(16)11(12(13)17)15-9-5-3-2-4-6-9/h7-9,11,15H,2-6H2,1H3,(H2,13,17). The number of aryl methyl sites for hydroxylation is 1. The number of aromatic nitrogens is 2. The fourth-order valence-corrected chi connectivity index (χ4v) is 2.46. The summed E-state index contributed by atoms with van der Waals surface area (Å²) in [7, 11) is 1.88. The quantitative estimate of drug-likeness (QED) is 0.814. The lowest BCUT2D eigenvalue weighted by Crippen LogP contribution is -2.41. The summed E-state index contributed by atoms with van der Waals surface area (Å²) in [4.78, 5) is 15.6. The second-order valence-corrected chi connectivity index (χ2v) is 4.77. The van der Waals surface area contributed by atoms with Crippen LogP contribution in [0.3, 0.4) is 0 Å². The molecule has 1 atom stereocenters. The molecule has 1 aromatic rings. The lowest BCUT2D eigenvalue weighted by molar-refractivity contribution is -0.120. The zero-order valence-corrected chi connectivity index (χ0v) is 10.2. The van der Waals surface area contributed by atoms with E-state index in [2.05, 4.69) is 10.3 Å². The van der Waals surface area contributed by atoms with Gasteiger partial charge < -0.3 is 10.3 Å². The highest BCUT2D eigenvalue weighted by Crippen LogP contribution is 2.21. The van der Waals surface area contributed by atoms with Gasteiger partial charge in [-0.3, -0.25) is 10.1 Å². The Hall–Kier alpha value is -1.36. The van der Waals surface area contributed by atoms with Gasteiger partial charge in [0.05, 0.1) is 18.2 Å². The third kappa shape index (κ3) is 2.85. The van der Waals surface area contributed by atoms with Crippen LogP contribution in [0.25, 0.3) is 0 Å². The van der Waals surface area contributed by atoms with Crippen LogP contribution < -0.4 is 11.1 Å². The van der Waals surface area contributed by atoms with Crippen LogP contribution in [0.2, 0.25) is 0 Å². The summed E-state index contributed by atoms with van der Waals surface area (Å²) in [5.41, 5.74) is 6.31. The van der Waals surface area contributed by atoms with Gasteiger partial charge in [-0.2, -0.15) is 0 Å². The van der Waals surface area contributed by atoms with Crippen molar-refractivity contribution in [3.05, 3.63) is 18.2 Å². The fraction of sp³-hybridized carbons (Fsp3) is 0.667. The zero-order chi connectivity index (χ0) is 12.3. The van der Waals surface area contributed by atoms with Gasteiger partial charge in [-0.25, -0.2) is 4.98 Å². The predicted molar refractivity (Wildman–Crippen MR) is 65.2 cm³/mol. The maximum atomic E-state index is 11.5. The molecule has 0 bridgehead atoms. The molecule has 3 N–H and O–H groups in total. The number of nitrogens with two attached hydrogens (primary N) is 1. The molecule has 2 rings (SSSR count). The largest absolute Gasteiger partial charge is 0.368 e. The predicted octanol–water partition coefficient (Wildman–Crippen LogP) is 0.869. The summed E-state index contributed by atoms with van der Waals surface area (Å²) in [5.74, 6) is -0.334. The molecule has 1 saturated carbocycles. The van der Waals surface area contributed by atoms with E-state index in [1.807, 2.05) is 11.6 Å². The number of hydrogen-bond donors (Lipinski definition) is 2. The number of amides is 1. The van der Waals surface area contributed by atoms with Gasteiger partial charge in [-0.05, 0) is 12.8 Å². The summed E-state index contributed by atoms with van der Waals surface area (Å²) in [5, 5.41) is 3.36. The number of nitrogens with one attached hydrogen (secondary N) is 1. The molecule has 94 valence electrons. The summed E-state index contributed by atoms with van der Waals surface area (Å²) in [6.45, 7) is 0. The fourth-order valence-electron chi connectivity index (χ4n) is 2.46. The molecular weight excluding hydrogens is 216 g/mol. The van der Waals surface area contributed by atoms with E-state index >= 15 is 0 Å². The van der Waals surface area contributed by atoms with Gasteiger partial charge in [-0.15, -0.1) is 0 Å². The molecule has 1 aromatic heterocycles. The minimum Gasteiger partial charge on any atom is -0.368 e. The Morgan fingerprint density at radius 2 is 2.24 bits per heavy atom. The Morgan fingerprint density at radius 1 is 1.53 bits per heavy atom. The normalized spacial score (nSPS) is 19.1. The van der Waals surface area contributed by atoms with Crippen molar-refractivity contribution in [2.75, 3.05) is 0 Å². The Kier molecular flexibility index (Phi) is 3.78. The maximum absolute atomic E-state index is 11.5. The zero-order valence-electron chi connectivity index (χ0n) is 10.2. The van der Waals surface area contributed by atoms with Crippen molar-refractivity contribution < 1.29 is 4.79 Å². The van der Waals surface area contributed by atoms with Crippen LogP contribution in [-0.2, 0) is 11.8 Å². The van der Waals surface area contributed by atoms with Crippen molar-refractivity contribution in [3.8, 4) is 0 Å². The van der Waals surface area contributed by atoms with Crippen LogP contribution in [-0.4, -0.2) is 21.5 Å². The summed E-state index contributed by atoms with van der Waals surface area (Å²) in [6.07, 6.45) is 9.40. The molecule has 1 heterocycles. The number of nitrogens with zero attached hydrogens (tertiary/aromatic N) is 2. The molecule has 0 spiro atoms. The summed E-state index contributed by atoms with van der Waals surface area (Å²) >= 11 is 0. The molecular formula is C12H20N4O. The summed E-state index contributed by atoms with van der Waals surface area (Å²) < 4.78 is 1.84. The molecule has 0 aliphatic heterocycles. The molecule has 1 aliphatic rings. The van der Waals surface area contributed by atoms with E-state index in [1.54, 1.807) is 12.5 Å². The number of rotatable bonds is 4. The monoisotopic (exact) mass is 236 g/mol. The van der Waals surface area contributed by atoms with Gasteiger partial charge in [0.15, 0.2) is 0 Å². The SMILES string of the molecule is Cn1cncc1C(NC1CCCCC1)C(N)=O. The van der Waals surface area contributed by atoms with Gasteiger partial charge in [-0.1, -0.05) is 19.3 Å². The summed E-state index contributed by atoms with van der Waals surface area (Å²) in [6, 6.07) is -0.0262. The third-order valence-corrected chi connectivity index (χ3v) is 3.44. The number of hydrogen-bond acceptors (Lipinski definition) is 3. The smallest absolute Gasteiger partial charge is 0.240 e. The molecule has 1 fully saturated rings. The van der Waals surface area contributed by atoms with Crippen molar-refractivity contribution in [1.29, 1.82) is 0 Å². The minimum atomic E-state index is -0.425. The van der Waals surface area contributed by atoms with E-state index in [0.717, 1.165) is 18.5 Å². The topological polar surface area (TPSA) is 72.9 Å². The molecule has 5 heteroatoms. The van der Waals surface area contributed by atoms with E-state index in [4.69, 9.17) is 5.73 Å². The first kappa shape index (κ1) is 12.1. The van der Waals surface area contributed by atoms with Crippen LogP contribution in [0, 0.1) is 0 Å². The molecule has 5 nitrogen and oxygen atoms in total. The number of imidazole rings is 1. The van der Waals surface area contributed by atoms with E-state index in [0.29, 0.717) is 6.04 Å². The van der Waals surface area contributed by atoms with E-state index < -0.39 is 6.04 Å². The first-order valence-corrected chi connectivity index (χ1v) is 6.20. The lowest BCUT2D eigenvalue weighted by atomic mass is 9.94. The molecule has 0 saturated heterocycles. The van der Waals surface area contributed by atoms with Crippen LogP contribution in [0.15, 0.2) is 12.5 Å². The first-order valence-electron chi connectivity index (χ1n) is 6.20. The van der Waals surface area contributed by atoms with Crippen molar-refractivity contribution in [3.63, 3.8) is 0 Å². The number of carbonyl (C=O) groups is 1. The van der Waals surface area contributed by atoms with Gasteiger partial charge in [0.1, 0.15) is 6.04 Å². The number of primary amides is 1. The van der Waals surface area contributed by atoms with E-state index in [1.165, 1.54) is 19.3 Å². The van der Waals surface area contributed by atoms with Crippen LogP contribution in [0.1, 0.15) is 43.8 Å². The average molecular weight is 236 g/mol. The molecule has 1 aliphatic carbocycles. The number of carbonyl (C=O) groups excluding carboxylic acids is 1. The van der Waals surface area contributed by atoms with Gasteiger partial charge in [0.2, 0.25) is 5.91 Å². The van der Waals surface area contributed by atoms with Gasteiger partial charge in [0.25, 0.3) is 0 Å². The van der Waals surface area contributed by atoms with Crippen LogP contribution in [0.4, 0.5) is 0 Å². The molecule has 0 radical (unpaired) electrons. The second kappa shape index (κ2) is 5.31. The Morgan fingerprint density at radius 3 is 2.76 bits per heavy atom. The highest BCUT2D eigenvalue weighted by atomic mass is 16.1. The molecule has 1 unspecified atom stereocenters. The molecule has 1 amide bonds. The van der Waals surface area contributed by atoms with Crippen LogP contribution in [0.5, 0.6) is 0 Å². The van der Waals surface area contributed by atoms with Crippen molar-refractivity contribution in [2.24, 2.45) is 12.8 Å². The average Bonchev–Trinajstić information content (AvgIpc) is 2.73. The van der Waals surface area contributed by atoms with Crippen LogP contribution >= 0.6 is 0 Å². The van der Waals surface area contributed by atoms with Gasteiger partial charge in [0, 0.05) is 13.1 Å².